The third kappa shape index (κ3) is 3.12. The monoisotopic (exact) mass is 298 g/mol. The van der Waals surface area contributed by atoms with E-state index in [0.717, 1.165) is 0 Å². The fourth-order valence-corrected chi connectivity index (χ4v) is 6.34. The summed E-state index contributed by atoms with van der Waals surface area (Å²) in [7, 11) is 0.241. The first-order chi connectivity index (χ1) is 9.85. The maximum absolute atomic E-state index is 6.06. The average Bonchev–Trinajstić information content (AvgIpc) is 2.34. The molecule has 112 valence electrons. The van der Waals surface area contributed by atoms with Crippen LogP contribution < -0.4 is 10.4 Å². The molecule has 21 heavy (non-hydrogen) atoms. The van der Waals surface area contributed by atoms with E-state index in [1.54, 1.807) is 0 Å². The lowest BCUT2D eigenvalue weighted by Gasteiger charge is -2.23. The first-order valence-corrected chi connectivity index (χ1v) is 9.16. The fraction of sp³-hybridized carbons (Fsp3) is 0.368. The van der Waals surface area contributed by atoms with Crippen molar-refractivity contribution in [2.24, 2.45) is 0 Å². The molecule has 0 spiro atoms. The molecule has 0 heterocycles. The van der Waals surface area contributed by atoms with Gasteiger partial charge in [-0.1, -0.05) is 35.4 Å². The van der Waals surface area contributed by atoms with Crippen molar-refractivity contribution in [3.8, 4) is 0 Å². The zero-order valence-electron chi connectivity index (χ0n) is 14.3. The van der Waals surface area contributed by atoms with Crippen molar-refractivity contribution in [3.63, 3.8) is 0 Å². The van der Waals surface area contributed by atoms with Gasteiger partial charge in [-0.15, -0.1) is 0 Å². The van der Waals surface area contributed by atoms with E-state index in [2.05, 4.69) is 65.8 Å². The Kier molecular flexibility index (Phi) is 4.69. The summed E-state index contributed by atoms with van der Waals surface area (Å²) in [5.41, 5.74) is 8.12. The zero-order valence-corrected chi connectivity index (χ0v) is 15.4. The summed E-state index contributed by atoms with van der Waals surface area (Å²) in [6.45, 7) is 13.2. The van der Waals surface area contributed by atoms with Gasteiger partial charge in [0.05, 0.1) is 0 Å². The number of aryl methyl sites for hydroxylation is 6. The van der Waals surface area contributed by atoms with Crippen molar-refractivity contribution < 1.29 is 4.43 Å². The topological polar surface area (TPSA) is 9.23 Å². The summed E-state index contributed by atoms with van der Waals surface area (Å²) in [4.78, 5) is 0. The van der Waals surface area contributed by atoms with Crippen molar-refractivity contribution in [1.82, 2.24) is 0 Å². The van der Waals surface area contributed by atoms with Gasteiger partial charge in [0.1, 0.15) is 0 Å². The Morgan fingerprint density at radius 2 is 0.905 bits per heavy atom. The van der Waals surface area contributed by atoms with E-state index in [1.807, 2.05) is 7.11 Å². The van der Waals surface area contributed by atoms with Crippen molar-refractivity contribution in [1.29, 1.82) is 0 Å². The van der Waals surface area contributed by atoms with E-state index in [4.69, 9.17) is 4.43 Å². The largest absolute Gasteiger partial charge is 0.414 e. The lowest BCUT2D eigenvalue weighted by atomic mass is 10.1. The molecule has 0 saturated carbocycles. The highest BCUT2D eigenvalue weighted by molar-refractivity contribution is 6.81. The van der Waals surface area contributed by atoms with Crippen LogP contribution in [-0.4, -0.2) is 16.2 Å². The van der Waals surface area contributed by atoms with E-state index in [0.29, 0.717) is 0 Å². The molecule has 2 aromatic carbocycles. The molecule has 0 atom stereocenters. The van der Waals surface area contributed by atoms with Crippen molar-refractivity contribution >= 4 is 19.4 Å². The van der Waals surface area contributed by atoms with E-state index < -0.39 is 9.04 Å². The minimum atomic E-state index is -1.63. The highest BCUT2D eigenvalue weighted by Gasteiger charge is 2.24. The van der Waals surface area contributed by atoms with Gasteiger partial charge in [0.25, 0.3) is 0 Å². The van der Waals surface area contributed by atoms with Crippen LogP contribution in [0.2, 0.25) is 0 Å². The molecular formula is C19H26OSi. The number of hydrogen-bond acceptors (Lipinski definition) is 1. The summed E-state index contributed by atoms with van der Waals surface area (Å²) < 4.78 is 6.06. The highest BCUT2D eigenvalue weighted by atomic mass is 28.3. The van der Waals surface area contributed by atoms with Gasteiger partial charge in [0.2, 0.25) is 9.04 Å². The van der Waals surface area contributed by atoms with Gasteiger partial charge in [-0.2, -0.15) is 0 Å². The third-order valence-electron chi connectivity index (χ3n) is 4.24. The highest BCUT2D eigenvalue weighted by Crippen LogP contribution is 2.12. The van der Waals surface area contributed by atoms with Gasteiger partial charge >= 0.3 is 0 Å². The normalized spacial score (nSPS) is 11.2. The molecule has 0 unspecified atom stereocenters. The maximum atomic E-state index is 6.06. The molecule has 0 bridgehead atoms. The Hall–Kier alpha value is -1.38. The summed E-state index contributed by atoms with van der Waals surface area (Å²) in [5, 5.41) is 2.89. The Bertz CT molecular complexity index is 570. The van der Waals surface area contributed by atoms with Gasteiger partial charge in [-0.3, -0.25) is 0 Å². The van der Waals surface area contributed by atoms with E-state index in [-0.39, 0.29) is 0 Å². The van der Waals surface area contributed by atoms with Gasteiger partial charge in [0.15, 0.2) is 0 Å². The van der Waals surface area contributed by atoms with Crippen LogP contribution in [0.5, 0.6) is 0 Å². The molecule has 0 aliphatic heterocycles. The van der Waals surface area contributed by atoms with Gasteiger partial charge in [-0.05, 0) is 74.2 Å². The molecule has 0 N–H and O–H groups in total. The van der Waals surface area contributed by atoms with E-state index in [9.17, 15) is 0 Å². The lowest BCUT2D eigenvalue weighted by molar-refractivity contribution is 0.438. The molecule has 0 saturated heterocycles. The Morgan fingerprint density at radius 1 is 0.619 bits per heavy atom. The zero-order chi connectivity index (χ0) is 15.7. The van der Waals surface area contributed by atoms with Crippen LogP contribution >= 0.6 is 0 Å². The molecule has 2 heteroatoms. The summed E-state index contributed by atoms with van der Waals surface area (Å²) in [6, 6.07) is 9.11. The van der Waals surface area contributed by atoms with Crippen LogP contribution in [-0.2, 0) is 4.43 Å². The summed E-state index contributed by atoms with van der Waals surface area (Å²) in [5.74, 6) is 0. The smallest absolute Gasteiger partial charge is 0.240 e. The lowest BCUT2D eigenvalue weighted by Crippen LogP contribution is -2.49. The predicted octanol–water partition coefficient (Wildman–Crippen LogP) is 3.02. The SMILES string of the molecule is CO[SiH](c1c(C)cc(C)cc1C)c1c(C)cc(C)cc1C. The Morgan fingerprint density at radius 3 is 1.14 bits per heavy atom. The Labute approximate surface area is 130 Å². The van der Waals surface area contributed by atoms with Crippen LogP contribution in [0, 0.1) is 41.5 Å². The molecule has 0 fully saturated rings. The first-order valence-electron chi connectivity index (χ1n) is 7.53. The fourth-order valence-electron chi connectivity index (χ4n) is 3.59. The quantitative estimate of drug-likeness (QED) is 0.792. The molecule has 1 nitrogen and oxygen atoms in total. The first kappa shape index (κ1) is 16.0. The van der Waals surface area contributed by atoms with Crippen molar-refractivity contribution in [2.45, 2.75) is 41.5 Å². The molecule has 0 aliphatic rings. The molecule has 0 radical (unpaired) electrons. The van der Waals surface area contributed by atoms with Gasteiger partial charge in [-0.25, -0.2) is 0 Å². The summed E-state index contributed by atoms with van der Waals surface area (Å²) >= 11 is 0. The maximum Gasteiger partial charge on any atom is 0.240 e. The summed E-state index contributed by atoms with van der Waals surface area (Å²) in [6.07, 6.45) is 0. The minimum absolute atomic E-state index is 1.33. The van der Waals surface area contributed by atoms with Crippen molar-refractivity contribution in [2.75, 3.05) is 7.11 Å². The van der Waals surface area contributed by atoms with Gasteiger partial charge in [0, 0.05) is 7.11 Å². The molecule has 2 rings (SSSR count). The standard InChI is InChI=1S/C19H26OSi/c1-12-8-14(3)18(15(4)9-12)21(20-7)19-16(5)10-13(2)11-17(19)6/h8-11,21H,1-7H3. The molecule has 0 aromatic heterocycles. The molecule has 0 aliphatic carbocycles. The third-order valence-corrected chi connectivity index (χ3v) is 7.58. The second kappa shape index (κ2) is 6.16. The van der Waals surface area contributed by atoms with E-state index >= 15 is 0 Å². The Balaban J connectivity index is 2.66. The van der Waals surface area contributed by atoms with Crippen LogP contribution in [0.4, 0.5) is 0 Å². The molecule has 2 aromatic rings. The van der Waals surface area contributed by atoms with Crippen LogP contribution in [0.1, 0.15) is 33.4 Å². The number of hydrogen-bond donors (Lipinski definition) is 0. The van der Waals surface area contributed by atoms with Crippen LogP contribution in [0.3, 0.4) is 0 Å². The molecular weight excluding hydrogens is 272 g/mol. The van der Waals surface area contributed by atoms with E-state index in [1.165, 1.54) is 43.8 Å². The van der Waals surface area contributed by atoms with Crippen molar-refractivity contribution in [3.05, 3.63) is 57.6 Å². The predicted molar refractivity (Wildman–Crippen MR) is 94.7 cm³/mol. The second-order valence-corrected chi connectivity index (χ2v) is 8.63. The number of rotatable bonds is 3. The number of benzene rings is 2. The second-order valence-electron chi connectivity index (χ2n) is 6.24. The minimum Gasteiger partial charge on any atom is -0.414 e. The van der Waals surface area contributed by atoms with Gasteiger partial charge < -0.3 is 4.43 Å². The van der Waals surface area contributed by atoms with Crippen LogP contribution in [0.25, 0.3) is 0 Å². The van der Waals surface area contributed by atoms with Crippen LogP contribution in [0.15, 0.2) is 24.3 Å². The molecule has 0 amide bonds. The average molecular weight is 299 g/mol.